The van der Waals surface area contributed by atoms with E-state index in [2.05, 4.69) is 10.6 Å². The van der Waals surface area contributed by atoms with Crippen molar-refractivity contribution in [3.05, 3.63) is 89.1 Å². The minimum absolute atomic E-state index is 0.114. The molecule has 34 heavy (non-hydrogen) atoms. The standard InChI is InChI=1S/C25H20ClN3O5/c1-33-18-11-12-20(34-2)19(14-18)29-24(31)21(26)22(25(29)32)27-17-10-6-7-15(13-17)23(30)28-16-8-4-3-5-9-16/h3-14,27H,1-2H3,(H,28,30). The maximum Gasteiger partial charge on any atom is 0.283 e. The fourth-order valence-electron chi connectivity index (χ4n) is 3.41. The van der Waals surface area contributed by atoms with E-state index in [1.54, 1.807) is 48.5 Å². The van der Waals surface area contributed by atoms with Crippen LogP contribution >= 0.6 is 11.6 Å². The van der Waals surface area contributed by atoms with Crippen molar-refractivity contribution in [2.75, 3.05) is 29.8 Å². The van der Waals surface area contributed by atoms with E-state index in [4.69, 9.17) is 21.1 Å². The van der Waals surface area contributed by atoms with E-state index in [9.17, 15) is 14.4 Å². The Morgan fingerprint density at radius 3 is 2.29 bits per heavy atom. The molecule has 4 rings (SSSR count). The molecule has 0 fully saturated rings. The van der Waals surface area contributed by atoms with Crippen LogP contribution in [-0.4, -0.2) is 31.9 Å². The van der Waals surface area contributed by atoms with Gasteiger partial charge in [-0.05, 0) is 42.5 Å². The molecule has 0 bridgehead atoms. The molecular formula is C25H20ClN3O5. The summed E-state index contributed by atoms with van der Waals surface area (Å²) in [5, 5.41) is 5.39. The number of amides is 3. The first-order valence-corrected chi connectivity index (χ1v) is 10.5. The Balaban J connectivity index is 1.58. The van der Waals surface area contributed by atoms with Crippen LogP contribution in [0.3, 0.4) is 0 Å². The van der Waals surface area contributed by atoms with Crippen LogP contribution in [0.2, 0.25) is 0 Å². The summed E-state index contributed by atoms with van der Waals surface area (Å²) in [7, 11) is 2.90. The monoisotopic (exact) mass is 477 g/mol. The van der Waals surface area contributed by atoms with Crippen LogP contribution in [0.5, 0.6) is 11.5 Å². The van der Waals surface area contributed by atoms with Crippen LogP contribution in [0.4, 0.5) is 17.1 Å². The van der Waals surface area contributed by atoms with Gasteiger partial charge in [0.05, 0.1) is 19.9 Å². The Kier molecular flexibility index (Phi) is 6.51. The van der Waals surface area contributed by atoms with Crippen LogP contribution < -0.4 is 25.0 Å². The second kappa shape index (κ2) is 9.68. The number of rotatable bonds is 7. The molecule has 172 valence electrons. The third-order valence-corrected chi connectivity index (χ3v) is 5.43. The topological polar surface area (TPSA) is 97.0 Å². The smallest absolute Gasteiger partial charge is 0.283 e. The van der Waals surface area contributed by atoms with Crippen molar-refractivity contribution in [1.82, 2.24) is 0 Å². The van der Waals surface area contributed by atoms with Gasteiger partial charge < -0.3 is 20.1 Å². The van der Waals surface area contributed by atoms with Crippen molar-refractivity contribution in [1.29, 1.82) is 0 Å². The van der Waals surface area contributed by atoms with E-state index >= 15 is 0 Å². The largest absolute Gasteiger partial charge is 0.497 e. The summed E-state index contributed by atoms with van der Waals surface area (Å²) < 4.78 is 10.5. The van der Waals surface area contributed by atoms with E-state index in [-0.39, 0.29) is 22.3 Å². The zero-order valence-electron chi connectivity index (χ0n) is 18.3. The van der Waals surface area contributed by atoms with Gasteiger partial charge in [-0.15, -0.1) is 0 Å². The van der Waals surface area contributed by atoms with Crippen LogP contribution in [-0.2, 0) is 9.59 Å². The highest BCUT2D eigenvalue weighted by atomic mass is 35.5. The summed E-state index contributed by atoms with van der Waals surface area (Å²) in [6, 6.07) is 20.3. The van der Waals surface area contributed by atoms with Crippen molar-refractivity contribution >= 4 is 46.4 Å². The summed E-state index contributed by atoms with van der Waals surface area (Å²) >= 11 is 6.25. The molecule has 3 amide bonds. The lowest BCUT2D eigenvalue weighted by molar-refractivity contribution is -0.120. The van der Waals surface area contributed by atoms with Gasteiger partial charge in [-0.3, -0.25) is 14.4 Å². The number of carbonyl (C=O) groups is 3. The number of nitrogens with zero attached hydrogens (tertiary/aromatic N) is 1. The Morgan fingerprint density at radius 1 is 0.853 bits per heavy atom. The number of methoxy groups -OCH3 is 2. The first-order valence-electron chi connectivity index (χ1n) is 10.2. The molecule has 0 atom stereocenters. The van der Waals surface area contributed by atoms with Crippen LogP contribution in [0.15, 0.2) is 83.5 Å². The Morgan fingerprint density at radius 2 is 1.59 bits per heavy atom. The summed E-state index contributed by atoms with van der Waals surface area (Å²) in [6.45, 7) is 0. The van der Waals surface area contributed by atoms with Crippen molar-refractivity contribution in [2.24, 2.45) is 0 Å². The number of halogens is 1. The molecule has 0 unspecified atom stereocenters. The van der Waals surface area contributed by atoms with Gasteiger partial charge in [0, 0.05) is 23.0 Å². The number of ether oxygens (including phenoxy) is 2. The van der Waals surface area contributed by atoms with Gasteiger partial charge in [0.2, 0.25) is 0 Å². The minimum Gasteiger partial charge on any atom is -0.497 e. The number of hydrogen-bond donors (Lipinski definition) is 2. The first kappa shape index (κ1) is 22.9. The van der Waals surface area contributed by atoms with Gasteiger partial charge in [0.1, 0.15) is 22.2 Å². The summed E-state index contributed by atoms with van der Waals surface area (Å²) in [5.74, 6) is -0.968. The van der Waals surface area contributed by atoms with Crippen LogP contribution in [0.25, 0.3) is 0 Å². The molecule has 3 aromatic carbocycles. The van der Waals surface area contributed by atoms with Crippen molar-refractivity contribution < 1.29 is 23.9 Å². The quantitative estimate of drug-likeness (QED) is 0.490. The van der Waals surface area contributed by atoms with Gasteiger partial charge in [0.15, 0.2) is 0 Å². The zero-order valence-corrected chi connectivity index (χ0v) is 19.1. The molecule has 0 aromatic heterocycles. The second-order valence-electron chi connectivity index (χ2n) is 7.20. The van der Waals surface area contributed by atoms with Gasteiger partial charge >= 0.3 is 0 Å². The maximum absolute atomic E-state index is 13.2. The SMILES string of the molecule is COc1ccc(OC)c(N2C(=O)C(Cl)=C(Nc3cccc(C(=O)Nc4ccccc4)c3)C2=O)c1. The molecule has 1 aliphatic heterocycles. The molecule has 1 heterocycles. The molecule has 9 heteroatoms. The predicted octanol–water partition coefficient (Wildman–Crippen LogP) is 4.39. The fraction of sp³-hybridized carbons (Fsp3) is 0.0800. The molecule has 3 aromatic rings. The zero-order chi connectivity index (χ0) is 24.2. The molecule has 0 spiro atoms. The highest BCUT2D eigenvalue weighted by Crippen LogP contribution is 2.38. The molecule has 0 saturated carbocycles. The summed E-state index contributed by atoms with van der Waals surface area (Å²) in [5.41, 5.74) is 1.50. The van der Waals surface area contributed by atoms with Crippen LogP contribution in [0, 0.1) is 0 Å². The van der Waals surface area contributed by atoms with E-state index < -0.39 is 11.8 Å². The predicted molar refractivity (Wildman–Crippen MR) is 129 cm³/mol. The average Bonchev–Trinajstić information content (AvgIpc) is 3.07. The first-order chi connectivity index (χ1) is 16.4. The number of anilines is 3. The van der Waals surface area contributed by atoms with Gasteiger partial charge in [-0.25, -0.2) is 4.90 Å². The van der Waals surface area contributed by atoms with Gasteiger partial charge in [-0.1, -0.05) is 35.9 Å². The molecule has 0 aliphatic carbocycles. The van der Waals surface area contributed by atoms with E-state index in [1.165, 1.54) is 20.3 Å². The van der Waals surface area contributed by atoms with E-state index in [0.29, 0.717) is 28.4 Å². The Hall–Kier alpha value is -4.30. The third-order valence-electron chi connectivity index (χ3n) is 5.08. The lowest BCUT2D eigenvalue weighted by Crippen LogP contribution is -2.32. The number of carbonyl (C=O) groups excluding carboxylic acids is 3. The molecule has 0 radical (unpaired) electrons. The molecule has 1 aliphatic rings. The molecular weight excluding hydrogens is 458 g/mol. The third kappa shape index (κ3) is 4.44. The van der Waals surface area contributed by atoms with Crippen molar-refractivity contribution in [2.45, 2.75) is 0 Å². The van der Waals surface area contributed by atoms with Gasteiger partial charge in [0.25, 0.3) is 17.7 Å². The lowest BCUT2D eigenvalue weighted by atomic mass is 10.1. The molecule has 8 nitrogen and oxygen atoms in total. The average molecular weight is 478 g/mol. The van der Waals surface area contributed by atoms with Crippen LogP contribution in [0.1, 0.15) is 10.4 Å². The molecule has 2 N–H and O–H groups in total. The number of nitrogens with one attached hydrogen (secondary N) is 2. The van der Waals surface area contributed by atoms with Crippen molar-refractivity contribution in [3.63, 3.8) is 0 Å². The van der Waals surface area contributed by atoms with E-state index in [0.717, 1.165) is 4.90 Å². The minimum atomic E-state index is -0.710. The number of hydrogen-bond acceptors (Lipinski definition) is 6. The van der Waals surface area contributed by atoms with Crippen molar-refractivity contribution in [3.8, 4) is 11.5 Å². The maximum atomic E-state index is 13.2. The Bertz CT molecular complexity index is 1310. The fourth-order valence-corrected chi connectivity index (χ4v) is 3.62. The lowest BCUT2D eigenvalue weighted by Gasteiger charge is -2.19. The molecule has 0 saturated heterocycles. The summed E-state index contributed by atoms with van der Waals surface area (Å²) in [4.78, 5) is 39.6. The Labute approximate surface area is 200 Å². The van der Waals surface area contributed by atoms with E-state index in [1.807, 2.05) is 18.2 Å². The normalized spacial score (nSPS) is 13.2. The highest BCUT2D eigenvalue weighted by molar-refractivity contribution is 6.53. The number of imide groups is 1. The highest BCUT2D eigenvalue weighted by Gasteiger charge is 2.40. The van der Waals surface area contributed by atoms with Gasteiger partial charge in [-0.2, -0.15) is 0 Å². The number of benzene rings is 3. The summed E-state index contributed by atoms with van der Waals surface area (Å²) in [6.07, 6.45) is 0. The second-order valence-corrected chi connectivity index (χ2v) is 7.58. The number of para-hydroxylation sites is 1.